The first-order valence-electron chi connectivity index (χ1n) is 8.53. The number of guanidine groups is 1. The lowest BCUT2D eigenvalue weighted by atomic mass is 10.1. The van der Waals surface area contributed by atoms with Gasteiger partial charge < -0.3 is 15.4 Å². The zero-order chi connectivity index (χ0) is 19.9. The molecule has 0 heterocycles. The largest absolute Gasteiger partial charge is 0.496 e. The van der Waals surface area contributed by atoms with Crippen molar-refractivity contribution in [3.05, 3.63) is 59.2 Å². The number of benzene rings is 2. The van der Waals surface area contributed by atoms with Crippen LogP contribution >= 0.6 is 24.0 Å². The van der Waals surface area contributed by atoms with Gasteiger partial charge in [-0.3, -0.25) is 4.99 Å². The van der Waals surface area contributed by atoms with Crippen LogP contribution in [0.4, 0.5) is 0 Å². The van der Waals surface area contributed by atoms with Crippen LogP contribution in [0, 0.1) is 6.92 Å². The van der Waals surface area contributed by atoms with Crippen molar-refractivity contribution in [1.29, 1.82) is 0 Å². The standard InChI is InChI=1S/C19H26N4O3S.HI/c1-14-4-5-15(12-18(14)26-3)10-11-22-19(21-2)23-13-16-6-8-17(9-7-16)27(20,24)25;/h4-9,12H,10-11,13H2,1-3H3,(H2,20,24,25)(H2,21,22,23);1H. The first-order valence-corrected chi connectivity index (χ1v) is 10.1. The maximum absolute atomic E-state index is 11.3. The molecule has 0 spiro atoms. The maximum atomic E-state index is 11.3. The Morgan fingerprint density at radius 2 is 1.75 bits per heavy atom. The number of halogens is 1. The van der Waals surface area contributed by atoms with Crippen LogP contribution in [-0.2, 0) is 23.0 Å². The molecule has 154 valence electrons. The lowest BCUT2D eigenvalue weighted by molar-refractivity contribution is 0.411. The number of rotatable bonds is 7. The van der Waals surface area contributed by atoms with Crippen molar-refractivity contribution >= 4 is 40.0 Å². The van der Waals surface area contributed by atoms with E-state index in [1.807, 2.05) is 19.1 Å². The van der Waals surface area contributed by atoms with Crippen molar-refractivity contribution in [1.82, 2.24) is 10.6 Å². The molecule has 2 rings (SSSR count). The van der Waals surface area contributed by atoms with Crippen molar-refractivity contribution in [3.63, 3.8) is 0 Å². The fraction of sp³-hybridized carbons (Fsp3) is 0.316. The Hall–Kier alpha value is -1.85. The number of nitrogens with one attached hydrogen (secondary N) is 2. The number of aryl methyl sites for hydroxylation is 1. The van der Waals surface area contributed by atoms with Gasteiger partial charge in [-0.15, -0.1) is 24.0 Å². The van der Waals surface area contributed by atoms with Crippen LogP contribution in [0.25, 0.3) is 0 Å². The molecule has 0 aliphatic carbocycles. The lowest BCUT2D eigenvalue weighted by Gasteiger charge is -2.13. The quantitative estimate of drug-likeness (QED) is 0.296. The van der Waals surface area contributed by atoms with Gasteiger partial charge in [0.25, 0.3) is 0 Å². The minimum absolute atomic E-state index is 0. The summed E-state index contributed by atoms with van der Waals surface area (Å²) in [5, 5.41) is 11.6. The molecular formula is C19H27IN4O3S. The van der Waals surface area contributed by atoms with E-state index in [0.717, 1.165) is 29.8 Å². The van der Waals surface area contributed by atoms with Crippen LogP contribution in [0.2, 0.25) is 0 Å². The van der Waals surface area contributed by atoms with Crippen molar-refractivity contribution in [2.75, 3.05) is 20.7 Å². The predicted octanol–water partition coefficient (Wildman–Crippen LogP) is 2.18. The monoisotopic (exact) mass is 518 g/mol. The topological polar surface area (TPSA) is 106 Å². The van der Waals surface area contributed by atoms with Gasteiger partial charge in [0.1, 0.15) is 5.75 Å². The number of sulfonamides is 1. The summed E-state index contributed by atoms with van der Waals surface area (Å²) >= 11 is 0. The average Bonchev–Trinajstić information content (AvgIpc) is 2.65. The summed E-state index contributed by atoms with van der Waals surface area (Å²) in [5.41, 5.74) is 3.22. The Balaban J connectivity index is 0.00000392. The molecule has 0 saturated carbocycles. The molecule has 0 saturated heterocycles. The second-order valence-corrected chi connectivity index (χ2v) is 7.66. The van der Waals surface area contributed by atoms with Crippen LogP contribution in [0.3, 0.4) is 0 Å². The highest BCUT2D eigenvalue weighted by atomic mass is 127. The number of ether oxygens (including phenoxy) is 1. The van der Waals surface area contributed by atoms with Gasteiger partial charge in [0.15, 0.2) is 5.96 Å². The Morgan fingerprint density at radius 3 is 2.32 bits per heavy atom. The highest BCUT2D eigenvalue weighted by Crippen LogP contribution is 2.19. The van der Waals surface area contributed by atoms with Crippen molar-refractivity contribution in [3.8, 4) is 5.75 Å². The molecule has 0 aromatic heterocycles. The smallest absolute Gasteiger partial charge is 0.238 e. The van der Waals surface area contributed by atoms with Gasteiger partial charge in [-0.2, -0.15) is 0 Å². The number of nitrogens with zero attached hydrogens (tertiary/aromatic N) is 1. The summed E-state index contributed by atoms with van der Waals surface area (Å²) in [6, 6.07) is 12.6. The molecule has 7 nitrogen and oxygen atoms in total. The number of aliphatic imine (C=N–C) groups is 1. The van der Waals surface area contributed by atoms with Gasteiger partial charge in [-0.1, -0.05) is 24.3 Å². The lowest BCUT2D eigenvalue weighted by Crippen LogP contribution is -2.37. The molecule has 0 amide bonds. The fourth-order valence-corrected chi connectivity index (χ4v) is 3.06. The summed E-state index contributed by atoms with van der Waals surface area (Å²) < 4.78 is 27.9. The van der Waals surface area contributed by atoms with E-state index in [2.05, 4.69) is 21.7 Å². The molecule has 4 N–H and O–H groups in total. The van der Waals surface area contributed by atoms with Crippen molar-refractivity contribution in [2.45, 2.75) is 24.8 Å². The summed E-state index contributed by atoms with van der Waals surface area (Å²) in [4.78, 5) is 4.29. The van der Waals surface area contributed by atoms with Crippen LogP contribution in [0.15, 0.2) is 52.4 Å². The van der Waals surface area contributed by atoms with Gasteiger partial charge in [0.2, 0.25) is 10.0 Å². The molecule has 0 fully saturated rings. The molecule has 0 aliphatic rings. The highest BCUT2D eigenvalue weighted by molar-refractivity contribution is 14.0. The van der Waals surface area contributed by atoms with Crippen molar-refractivity contribution in [2.24, 2.45) is 10.1 Å². The van der Waals surface area contributed by atoms with E-state index in [9.17, 15) is 8.42 Å². The van der Waals surface area contributed by atoms with Crippen LogP contribution in [-0.4, -0.2) is 35.1 Å². The second kappa shape index (κ2) is 11.2. The van der Waals surface area contributed by atoms with E-state index in [-0.39, 0.29) is 28.9 Å². The first-order chi connectivity index (χ1) is 12.8. The second-order valence-electron chi connectivity index (χ2n) is 6.10. The molecule has 0 bridgehead atoms. The van der Waals surface area contributed by atoms with E-state index >= 15 is 0 Å². The summed E-state index contributed by atoms with van der Waals surface area (Å²) in [5.74, 6) is 1.56. The minimum atomic E-state index is -3.67. The van der Waals surface area contributed by atoms with Gasteiger partial charge in [-0.25, -0.2) is 13.6 Å². The zero-order valence-corrected chi connectivity index (χ0v) is 19.4. The van der Waals surface area contributed by atoms with E-state index in [1.54, 1.807) is 26.3 Å². The SMILES string of the molecule is CN=C(NCCc1ccc(C)c(OC)c1)NCc1ccc(S(N)(=O)=O)cc1.I. The molecule has 0 atom stereocenters. The Kier molecular flexibility index (Phi) is 9.70. The molecule has 0 radical (unpaired) electrons. The average molecular weight is 518 g/mol. The highest BCUT2D eigenvalue weighted by Gasteiger charge is 2.07. The van der Waals surface area contributed by atoms with Gasteiger partial charge >= 0.3 is 0 Å². The van der Waals surface area contributed by atoms with Crippen LogP contribution < -0.4 is 20.5 Å². The molecular weight excluding hydrogens is 491 g/mol. The number of methoxy groups -OCH3 is 1. The third kappa shape index (κ3) is 7.28. The van der Waals surface area contributed by atoms with E-state index in [4.69, 9.17) is 9.88 Å². The third-order valence-electron chi connectivity index (χ3n) is 4.11. The van der Waals surface area contributed by atoms with Gasteiger partial charge in [0, 0.05) is 20.1 Å². The Bertz CT molecular complexity index is 900. The minimum Gasteiger partial charge on any atom is -0.496 e. The molecule has 2 aromatic carbocycles. The van der Waals surface area contributed by atoms with Crippen LogP contribution in [0.1, 0.15) is 16.7 Å². The predicted molar refractivity (Wildman–Crippen MR) is 123 cm³/mol. The van der Waals surface area contributed by atoms with E-state index < -0.39 is 10.0 Å². The number of nitrogens with two attached hydrogens (primary N) is 1. The van der Waals surface area contributed by atoms with Crippen molar-refractivity contribution < 1.29 is 13.2 Å². The van der Waals surface area contributed by atoms with Crippen LogP contribution in [0.5, 0.6) is 5.75 Å². The normalized spacial score (nSPS) is 11.5. The van der Waals surface area contributed by atoms with E-state index in [0.29, 0.717) is 12.5 Å². The van der Waals surface area contributed by atoms with Gasteiger partial charge in [-0.05, 0) is 48.2 Å². The molecule has 0 aliphatic heterocycles. The Morgan fingerprint density at radius 1 is 1.11 bits per heavy atom. The molecule has 9 heteroatoms. The molecule has 2 aromatic rings. The maximum Gasteiger partial charge on any atom is 0.238 e. The molecule has 28 heavy (non-hydrogen) atoms. The first kappa shape index (κ1) is 24.2. The van der Waals surface area contributed by atoms with E-state index in [1.165, 1.54) is 17.7 Å². The molecule has 0 unspecified atom stereocenters. The number of hydrogen-bond donors (Lipinski definition) is 3. The Labute approximate surface area is 183 Å². The van der Waals surface area contributed by atoms with Gasteiger partial charge in [0.05, 0.1) is 12.0 Å². The summed E-state index contributed by atoms with van der Waals surface area (Å²) in [6.45, 7) is 3.25. The summed E-state index contributed by atoms with van der Waals surface area (Å²) in [6.07, 6.45) is 0.834. The number of hydrogen-bond acceptors (Lipinski definition) is 4. The zero-order valence-electron chi connectivity index (χ0n) is 16.2. The fourth-order valence-electron chi connectivity index (χ4n) is 2.55. The third-order valence-corrected chi connectivity index (χ3v) is 5.04. The number of primary sulfonamides is 1. The summed E-state index contributed by atoms with van der Waals surface area (Å²) in [7, 11) is -0.292.